The molecule has 16 heteroatoms. The number of carbonyl (C=O) groups excluding carboxylic acids is 3. The molecule has 1 aliphatic carbocycles. The van der Waals surface area contributed by atoms with Crippen LogP contribution in [0.5, 0.6) is 0 Å². The number of amides is 3. The summed E-state index contributed by atoms with van der Waals surface area (Å²) < 4.78 is 9.06. The van der Waals surface area contributed by atoms with Crippen molar-refractivity contribution in [1.82, 2.24) is 24.0 Å². The van der Waals surface area contributed by atoms with Gasteiger partial charge in [0.05, 0.1) is 23.7 Å². The third-order valence-corrected chi connectivity index (χ3v) is 11.9. The molecule has 2 saturated heterocycles. The van der Waals surface area contributed by atoms with E-state index < -0.39 is 30.0 Å². The lowest BCUT2D eigenvalue weighted by Crippen LogP contribution is -2.61. The number of ether oxygens (including phenoxy) is 1. The molecule has 3 aromatic heterocycles. The van der Waals surface area contributed by atoms with Crippen LogP contribution in [0.4, 0.5) is 28.7 Å². The number of nitrogens with one attached hydrogen (secondary N) is 2. The molecule has 2 fully saturated rings. The maximum atomic E-state index is 14.0. The van der Waals surface area contributed by atoms with Crippen LogP contribution in [0.1, 0.15) is 54.0 Å². The first kappa shape index (κ1) is 39.0. The lowest BCUT2D eigenvalue weighted by Gasteiger charge is -2.45. The van der Waals surface area contributed by atoms with Gasteiger partial charge in [-0.15, -0.1) is 0 Å². The summed E-state index contributed by atoms with van der Waals surface area (Å²) >= 11 is 0. The normalized spacial score (nSPS) is 19.4. The van der Waals surface area contributed by atoms with Crippen molar-refractivity contribution in [1.29, 1.82) is 0 Å². The van der Waals surface area contributed by atoms with Crippen LogP contribution >= 0.6 is 0 Å². The zero-order valence-electron chi connectivity index (χ0n) is 33.2. The molecule has 8 rings (SSSR count). The van der Waals surface area contributed by atoms with Gasteiger partial charge in [-0.05, 0) is 73.1 Å². The summed E-state index contributed by atoms with van der Waals surface area (Å²) in [4.78, 5) is 68.2. The van der Waals surface area contributed by atoms with Gasteiger partial charge in [-0.25, -0.2) is 9.97 Å². The lowest BCUT2D eigenvalue weighted by atomic mass is 9.90. The molecule has 4 aliphatic rings. The van der Waals surface area contributed by atoms with Gasteiger partial charge in [-0.3, -0.25) is 29.0 Å². The third kappa shape index (κ3) is 7.27. The first-order chi connectivity index (χ1) is 27.8. The molecule has 304 valence electrons. The zero-order chi connectivity index (χ0) is 40.9. The van der Waals surface area contributed by atoms with E-state index in [1.807, 2.05) is 11.0 Å². The molecular weight excluding hydrogens is 741 g/mol. The van der Waals surface area contributed by atoms with Gasteiger partial charge in [0, 0.05) is 93.9 Å². The summed E-state index contributed by atoms with van der Waals surface area (Å²) in [6.45, 7) is 11.6. The number of aliphatic hydroxyl groups excluding tert-OH is 1. The van der Waals surface area contributed by atoms with E-state index in [9.17, 15) is 24.3 Å². The molecule has 58 heavy (non-hydrogen) atoms. The maximum absolute atomic E-state index is 14.0. The summed E-state index contributed by atoms with van der Waals surface area (Å²) in [5, 5.41) is 16.8. The Morgan fingerprint density at radius 1 is 1.09 bits per heavy atom. The van der Waals surface area contributed by atoms with Gasteiger partial charge in [0.2, 0.25) is 11.8 Å². The second kappa shape index (κ2) is 15.5. The molecular formula is C42H50N10O6. The molecule has 0 saturated carbocycles. The monoisotopic (exact) mass is 790 g/mol. The molecule has 16 nitrogen and oxygen atoms in total. The number of benzene rings is 1. The highest BCUT2D eigenvalue weighted by Gasteiger charge is 2.38. The molecule has 1 atom stereocenters. The van der Waals surface area contributed by atoms with Gasteiger partial charge >= 0.3 is 0 Å². The number of pyridine rings is 1. The van der Waals surface area contributed by atoms with Crippen LogP contribution in [0.3, 0.4) is 0 Å². The number of piperazine rings is 1. The number of aromatic nitrogens is 4. The number of nitrogens with zero attached hydrogens (tertiary/aromatic N) is 7. The number of hydrogen-bond acceptors (Lipinski definition) is 11. The average molecular weight is 791 g/mol. The number of aryl methyl sites for hydroxylation is 1. The average Bonchev–Trinajstić information content (AvgIpc) is 3.71. The maximum Gasteiger partial charge on any atom is 0.293 e. The van der Waals surface area contributed by atoms with E-state index in [2.05, 4.69) is 45.5 Å². The molecule has 0 unspecified atom stereocenters. The van der Waals surface area contributed by atoms with Crippen LogP contribution in [-0.2, 0) is 47.4 Å². The van der Waals surface area contributed by atoms with Gasteiger partial charge < -0.3 is 40.2 Å². The number of carbonyl (C=O) groups is 3. The summed E-state index contributed by atoms with van der Waals surface area (Å²) in [6.07, 6.45) is 7.91. The van der Waals surface area contributed by atoms with E-state index >= 15 is 0 Å². The first-order valence-electron chi connectivity index (χ1n) is 19.8. The van der Waals surface area contributed by atoms with Gasteiger partial charge in [0.25, 0.3) is 11.5 Å². The number of rotatable bonds is 10. The molecule has 3 amide bonds. The lowest BCUT2D eigenvalue weighted by molar-refractivity contribution is -0.120. The number of primary amides is 1. The van der Waals surface area contributed by atoms with Crippen LogP contribution in [0, 0.1) is 5.41 Å². The summed E-state index contributed by atoms with van der Waals surface area (Å²) in [6, 6.07) is 8.55. The summed E-state index contributed by atoms with van der Waals surface area (Å²) in [5.74, 6) is -0.786. The topological polar surface area (TPSA) is 193 Å². The zero-order valence-corrected chi connectivity index (χ0v) is 33.2. The van der Waals surface area contributed by atoms with Gasteiger partial charge in [-0.1, -0.05) is 20.4 Å². The fraction of sp³-hybridized carbons (Fsp3) is 0.429. The number of nitrogens with two attached hydrogens (primary N) is 1. The molecule has 4 aromatic rings. The highest BCUT2D eigenvalue weighted by molar-refractivity contribution is 6.06. The van der Waals surface area contributed by atoms with E-state index in [0.717, 1.165) is 31.8 Å². The van der Waals surface area contributed by atoms with E-state index in [0.29, 0.717) is 97.4 Å². The molecule has 1 aromatic carbocycles. The summed E-state index contributed by atoms with van der Waals surface area (Å²) in [7, 11) is 1.60. The Morgan fingerprint density at radius 2 is 1.88 bits per heavy atom. The van der Waals surface area contributed by atoms with E-state index in [-0.39, 0.29) is 17.1 Å². The van der Waals surface area contributed by atoms with Gasteiger partial charge in [-0.2, -0.15) is 0 Å². The highest BCUT2D eigenvalue weighted by atomic mass is 16.5. The number of hydrogen-bond donors (Lipinski definition) is 4. The molecule has 5 N–H and O–H groups in total. The van der Waals surface area contributed by atoms with E-state index in [1.54, 1.807) is 48.6 Å². The second-order valence-electron chi connectivity index (χ2n) is 16.3. The molecule has 0 spiro atoms. The summed E-state index contributed by atoms with van der Waals surface area (Å²) in [5.41, 5.74) is 11.5. The van der Waals surface area contributed by atoms with Crippen LogP contribution in [0.2, 0.25) is 0 Å². The van der Waals surface area contributed by atoms with E-state index in [4.69, 9.17) is 15.5 Å². The fourth-order valence-electron chi connectivity index (χ4n) is 9.04. The first-order valence-corrected chi connectivity index (χ1v) is 19.8. The van der Waals surface area contributed by atoms with Crippen molar-refractivity contribution in [2.24, 2.45) is 18.2 Å². The van der Waals surface area contributed by atoms with Crippen molar-refractivity contribution in [3.8, 4) is 11.3 Å². The number of aliphatic hydroxyl groups is 1. The SMILES string of the molecule is C=CC(=O)Nc1cc(Nc2nc(-c3ccnc(N4CCn5c(cc6c5CC(C)(C)C6)C4=O)c3CO)cn(C)c2=O)ccc1N1CCN(C2CCOCC2)C[C@@H]1C(N)=O. The predicted molar refractivity (Wildman–Crippen MR) is 220 cm³/mol. The smallest absolute Gasteiger partial charge is 0.293 e. The fourth-order valence-corrected chi connectivity index (χ4v) is 9.04. The predicted octanol–water partition coefficient (Wildman–Crippen LogP) is 2.94. The number of fused-ring (bicyclic) bond motifs is 3. The Kier molecular flexibility index (Phi) is 10.4. The molecule has 0 bridgehead atoms. The Balaban J connectivity index is 1.09. The molecule has 6 heterocycles. The van der Waals surface area contributed by atoms with Crippen LogP contribution in [0.25, 0.3) is 11.3 Å². The van der Waals surface area contributed by atoms with E-state index in [1.165, 1.54) is 15.8 Å². The Bertz CT molecular complexity index is 2360. The third-order valence-electron chi connectivity index (χ3n) is 11.9. The Hall–Kier alpha value is -5.84. The Labute approximate surface area is 336 Å². The number of anilines is 5. The van der Waals surface area contributed by atoms with Crippen molar-refractivity contribution in [3.63, 3.8) is 0 Å². The molecule has 0 radical (unpaired) electrons. The van der Waals surface area contributed by atoms with Crippen molar-refractivity contribution < 1.29 is 24.2 Å². The van der Waals surface area contributed by atoms with Crippen LogP contribution < -0.4 is 31.7 Å². The highest BCUT2D eigenvalue weighted by Crippen LogP contribution is 2.40. The Morgan fingerprint density at radius 3 is 2.62 bits per heavy atom. The standard InChI is InChI=1S/C42H50N10O6/c1-5-36(54)46-30-19-26(6-7-32(30)50-13-12-49(23-35(50)37(43)55)27-9-16-58-17-10-27)45-38-41(57)48(4)22-31(47-38)28-8-11-44-39(29(28)24-53)52-15-14-51-33(40(52)56)18-25-20-42(2,3)21-34(25)51/h5-8,11,18-19,22,27,35,53H,1,9-10,12-17,20-21,23-24H2,2-4H3,(H2,43,55)(H,45,47)(H,46,54)/t35-/m1/s1. The molecule has 3 aliphatic heterocycles. The van der Waals surface area contributed by atoms with Crippen molar-refractivity contribution in [3.05, 3.63) is 88.2 Å². The minimum absolute atomic E-state index is 0.0135. The minimum Gasteiger partial charge on any atom is -0.392 e. The van der Waals surface area contributed by atoms with Gasteiger partial charge in [0.1, 0.15) is 17.6 Å². The minimum atomic E-state index is -0.648. The van der Waals surface area contributed by atoms with Gasteiger partial charge in [0.15, 0.2) is 5.82 Å². The largest absolute Gasteiger partial charge is 0.392 e. The van der Waals surface area contributed by atoms with Crippen LogP contribution in [-0.4, -0.2) is 98.3 Å². The quantitative estimate of drug-likeness (QED) is 0.173. The van der Waals surface area contributed by atoms with Crippen LogP contribution in [0.15, 0.2) is 60.2 Å². The van der Waals surface area contributed by atoms with Crippen molar-refractivity contribution >= 4 is 46.4 Å². The van der Waals surface area contributed by atoms with Crippen molar-refractivity contribution in [2.45, 2.75) is 64.8 Å². The second-order valence-corrected chi connectivity index (χ2v) is 16.3. The van der Waals surface area contributed by atoms with Crippen molar-refractivity contribution in [2.75, 3.05) is 59.8 Å².